The molecule has 3 aromatic rings. The van der Waals surface area contributed by atoms with Gasteiger partial charge in [-0.3, -0.25) is 14.7 Å². The van der Waals surface area contributed by atoms with Crippen molar-refractivity contribution >= 4 is 35.3 Å². The minimum atomic E-state index is -0.531. The first-order valence-electron chi connectivity index (χ1n) is 13.7. The van der Waals surface area contributed by atoms with Crippen LogP contribution in [0.3, 0.4) is 0 Å². The molecule has 10 nitrogen and oxygen atoms in total. The number of nitrogens with zero attached hydrogens (tertiary/aromatic N) is 5. The third kappa shape index (κ3) is 6.14. The molecule has 1 aliphatic carbocycles. The van der Waals surface area contributed by atoms with Crippen LogP contribution in [0.4, 0.5) is 4.79 Å². The normalized spacial score (nSPS) is 17.8. The molecule has 0 spiro atoms. The Hall–Kier alpha value is -3.73. The summed E-state index contributed by atoms with van der Waals surface area (Å²) in [6.07, 6.45) is 6.89. The minimum Gasteiger partial charge on any atom is -0.447 e. The van der Waals surface area contributed by atoms with Gasteiger partial charge >= 0.3 is 6.09 Å². The molecule has 1 fully saturated rings. The Morgan fingerprint density at radius 2 is 1.95 bits per heavy atom. The lowest BCUT2D eigenvalue weighted by Gasteiger charge is -2.39. The number of rotatable bonds is 7. The van der Waals surface area contributed by atoms with E-state index in [0.29, 0.717) is 31.2 Å². The maximum atomic E-state index is 12.9. The number of benzene rings is 1. The third-order valence-electron chi connectivity index (χ3n) is 7.38. The van der Waals surface area contributed by atoms with Crippen molar-refractivity contribution in [3.05, 3.63) is 82.2 Å². The Morgan fingerprint density at radius 3 is 2.63 bits per heavy atom. The molecular weight excluding hydrogens is 544 g/mol. The van der Waals surface area contributed by atoms with Gasteiger partial charge in [-0.05, 0) is 60.4 Å². The van der Waals surface area contributed by atoms with E-state index in [2.05, 4.69) is 21.3 Å². The van der Waals surface area contributed by atoms with Crippen LogP contribution < -0.4 is 5.32 Å². The number of imidazole rings is 1. The molecule has 3 heterocycles. The Balaban J connectivity index is 1.59. The number of ether oxygens (including phenoxy) is 2. The lowest BCUT2D eigenvalue weighted by molar-refractivity contribution is -0.125. The first-order chi connectivity index (χ1) is 19.8. The third-order valence-corrected chi connectivity index (χ3v) is 7.61. The number of pyridine rings is 1. The van der Waals surface area contributed by atoms with Gasteiger partial charge in [-0.1, -0.05) is 23.7 Å². The van der Waals surface area contributed by atoms with E-state index in [1.165, 1.54) is 7.11 Å². The van der Waals surface area contributed by atoms with Gasteiger partial charge in [0.2, 0.25) is 5.91 Å². The van der Waals surface area contributed by atoms with Crippen LogP contribution in [-0.2, 0) is 21.3 Å². The van der Waals surface area contributed by atoms with Gasteiger partial charge in [0.15, 0.2) is 0 Å². The molecule has 0 radical (unpaired) electrons. The zero-order chi connectivity index (χ0) is 29.1. The van der Waals surface area contributed by atoms with Crippen molar-refractivity contribution in [1.82, 2.24) is 29.7 Å². The van der Waals surface area contributed by atoms with Gasteiger partial charge in [0.1, 0.15) is 6.61 Å². The number of fused-ring (bicyclic) bond motifs is 2. The summed E-state index contributed by atoms with van der Waals surface area (Å²) in [7, 11) is 3.39. The van der Waals surface area contributed by atoms with Crippen molar-refractivity contribution in [3.8, 4) is 0 Å². The van der Waals surface area contributed by atoms with Crippen molar-refractivity contribution < 1.29 is 19.1 Å². The molecule has 1 aromatic carbocycles. The van der Waals surface area contributed by atoms with Crippen LogP contribution in [0.25, 0.3) is 11.6 Å². The number of amides is 2. The molecule has 41 heavy (non-hydrogen) atoms. The van der Waals surface area contributed by atoms with Crippen LogP contribution in [0.2, 0.25) is 5.02 Å². The molecule has 11 heteroatoms. The largest absolute Gasteiger partial charge is 0.447 e. The zero-order valence-corrected chi connectivity index (χ0v) is 24.5. The highest BCUT2D eigenvalue weighted by Gasteiger charge is 2.36. The van der Waals surface area contributed by atoms with Gasteiger partial charge in [-0.25, -0.2) is 9.78 Å². The lowest BCUT2D eigenvalue weighted by atomic mass is 9.89. The van der Waals surface area contributed by atoms with E-state index in [1.807, 2.05) is 55.8 Å². The maximum absolute atomic E-state index is 12.9. The van der Waals surface area contributed by atoms with Crippen LogP contribution in [0, 0.1) is 0 Å². The van der Waals surface area contributed by atoms with Crippen LogP contribution in [-0.4, -0.2) is 82.3 Å². The average molecular weight is 579 g/mol. The summed E-state index contributed by atoms with van der Waals surface area (Å²) < 4.78 is 12.5. The second kappa shape index (κ2) is 12.4. The molecule has 5 rings (SSSR count). The fourth-order valence-electron chi connectivity index (χ4n) is 5.53. The molecule has 1 aliphatic heterocycles. The predicted octanol–water partition coefficient (Wildman–Crippen LogP) is 4.08. The van der Waals surface area contributed by atoms with Crippen LogP contribution in [0.1, 0.15) is 54.0 Å². The SMILES string of the molecule is COCC(=O)N[C@@H](C1=Cc2cccnc2[C@@H](N2CCN(C(=O)OC(C)C)CC2)c2ccc(Cl)cc21)c1cncn1C. The number of carbonyl (C=O) groups is 2. The molecule has 2 aliphatic rings. The van der Waals surface area contributed by atoms with Gasteiger partial charge in [0, 0.05) is 51.6 Å². The topological polar surface area (TPSA) is 102 Å². The smallest absolute Gasteiger partial charge is 0.410 e. The van der Waals surface area contributed by atoms with Crippen LogP contribution in [0.15, 0.2) is 49.1 Å². The summed E-state index contributed by atoms with van der Waals surface area (Å²) in [6.45, 7) is 5.99. The summed E-state index contributed by atoms with van der Waals surface area (Å²) in [4.78, 5) is 38.8. The molecular formula is C30H35ClN6O4. The van der Waals surface area contributed by atoms with E-state index >= 15 is 0 Å². The van der Waals surface area contributed by atoms with Crippen molar-refractivity contribution in [2.45, 2.75) is 32.0 Å². The first-order valence-corrected chi connectivity index (χ1v) is 14.0. The molecule has 0 bridgehead atoms. The number of aromatic nitrogens is 3. The fourth-order valence-corrected chi connectivity index (χ4v) is 5.70. The van der Waals surface area contributed by atoms with Crippen molar-refractivity contribution in [2.24, 2.45) is 7.05 Å². The summed E-state index contributed by atoms with van der Waals surface area (Å²) in [5.41, 5.74) is 5.45. The first kappa shape index (κ1) is 28.8. The molecule has 2 aromatic heterocycles. The zero-order valence-electron chi connectivity index (χ0n) is 23.7. The summed E-state index contributed by atoms with van der Waals surface area (Å²) in [5.74, 6) is -0.250. The minimum absolute atomic E-state index is 0.0751. The monoisotopic (exact) mass is 578 g/mol. The number of methoxy groups -OCH3 is 1. The molecule has 2 amide bonds. The summed E-state index contributed by atoms with van der Waals surface area (Å²) >= 11 is 6.61. The van der Waals surface area contributed by atoms with Gasteiger partial charge < -0.3 is 24.3 Å². The Morgan fingerprint density at radius 1 is 1.17 bits per heavy atom. The van der Waals surface area contributed by atoms with E-state index in [9.17, 15) is 9.59 Å². The van der Waals surface area contributed by atoms with Gasteiger partial charge in [-0.15, -0.1) is 0 Å². The fraction of sp³-hybridized carbons (Fsp3) is 0.400. The van der Waals surface area contributed by atoms with Gasteiger partial charge in [0.05, 0.1) is 42.1 Å². The number of hydrogen-bond acceptors (Lipinski definition) is 7. The van der Waals surface area contributed by atoms with E-state index in [-0.39, 0.29) is 30.8 Å². The summed E-state index contributed by atoms with van der Waals surface area (Å²) in [5, 5.41) is 3.73. The second-order valence-electron chi connectivity index (χ2n) is 10.5. The van der Waals surface area contributed by atoms with Gasteiger partial charge in [0.25, 0.3) is 0 Å². The lowest BCUT2D eigenvalue weighted by Crippen LogP contribution is -2.50. The molecule has 0 saturated carbocycles. The number of aryl methyl sites for hydroxylation is 1. The molecule has 2 atom stereocenters. The Kier molecular flexibility index (Phi) is 8.72. The van der Waals surface area contributed by atoms with Crippen molar-refractivity contribution in [2.75, 3.05) is 39.9 Å². The maximum Gasteiger partial charge on any atom is 0.410 e. The van der Waals surface area contributed by atoms with Crippen LogP contribution in [0.5, 0.6) is 0 Å². The highest BCUT2D eigenvalue weighted by atomic mass is 35.5. The number of hydrogen-bond donors (Lipinski definition) is 1. The van der Waals surface area contributed by atoms with Crippen molar-refractivity contribution in [3.63, 3.8) is 0 Å². The number of carbonyl (C=O) groups excluding carboxylic acids is 2. The average Bonchev–Trinajstić information content (AvgIpc) is 3.31. The molecule has 1 saturated heterocycles. The quantitative estimate of drug-likeness (QED) is 0.451. The highest BCUT2D eigenvalue weighted by molar-refractivity contribution is 6.30. The number of piperazine rings is 1. The molecule has 216 valence electrons. The number of nitrogens with one attached hydrogen (secondary N) is 1. The van der Waals surface area contributed by atoms with E-state index < -0.39 is 6.04 Å². The Labute approximate surface area is 244 Å². The van der Waals surface area contributed by atoms with Crippen molar-refractivity contribution in [1.29, 1.82) is 0 Å². The second-order valence-corrected chi connectivity index (χ2v) is 11.0. The Bertz CT molecular complexity index is 1450. The predicted molar refractivity (Wildman–Crippen MR) is 156 cm³/mol. The van der Waals surface area contributed by atoms with Crippen LogP contribution >= 0.6 is 11.6 Å². The standard InChI is InChI=1S/C30H35ClN6O4/c1-19(2)41-30(39)37-12-10-36(11-13-37)29-22-8-7-21(31)15-23(22)24(14-20-6-5-9-33-27(20)29)28(34-26(38)17-40-4)25-16-32-18-35(25)3/h5-9,14-16,18-19,28-29H,10-13,17H2,1-4H3,(H,34,38)/t28-,29-/m0/s1. The molecule has 1 N–H and O–H groups in total. The molecule has 0 unspecified atom stereocenters. The van der Waals surface area contributed by atoms with E-state index in [1.54, 1.807) is 23.6 Å². The number of halogens is 1. The highest BCUT2D eigenvalue weighted by Crippen LogP contribution is 2.44. The summed E-state index contributed by atoms with van der Waals surface area (Å²) in [6, 6.07) is 9.10. The van der Waals surface area contributed by atoms with E-state index in [4.69, 9.17) is 26.1 Å². The van der Waals surface area contributed by atoms with Gasteiger partial charge in [-0.2, -0.15) is 0 Å². The van der Waals surface area contributed by atoms with E-state index in [0.717, 1.165) is 33.7 Å².